The lowest BCUT2D eigenvalue weighted by molar-refractivity contribution is -0.137. The van der Waals surface area contributed by atoms with Crippen molar-refractivity contribution in [2.45, 2.75) is 63.4 Å². The smallest absolute Gasteiger partial charge is 0.136 e. The van der Waals surface area contributed by atoms with Gasteiger partial charge in [-0.2, -0.15) is 0 Å². The number of carbonyl (C=O) groups excluding carboxylic acids is 1. The molecule has 2 unspecified atom stereocenters. The van der Waals surface area contributed by atoms with Crippen LogP contribution in [0.5, 0.6) is 0 Å². The molecule has 0 bridgehead atoms. The molecule has 2 heterocycles. The molecule has 108 valence electrons. The average molecular weight is 265 g/mol. The largest absolute Gasteiger partial charge is 0.375 e. The van der Waals surface area contributed by atoms with Crippen LogP contribution in [0, 0.1) is 11.8 Å². The zero-order valence-corrected chi connectivity index (χ0v) is 12.0. The Morgan fingerprint density at radius 3 is 2.79 bits per heavy atom. The molecule has 3 fully saturated rings. The van der Waals surface area contributed by atoms with Gasteiger partial charge < -0.3 is 10.1 Å². The molecule has 0 radical (unpaired) electrons. The average Bonchev–Trinajstić information content (AvgIpc) is 2.88. The highest BCUT2D eigenvalue weighted by Gasteiger charge is 2.41. The summed E-state index contributed by atoms with van der Waals surface area (Å²) >= 11 is 0. The lowest BCUT2D eigenvalue weighted by Gasteiger charge is -2.38. The van der Waals surface area contributed by atoms with Gasteiger partial charge in [-0.1, -0.05) is 12.8 Å². The van der Waals surface area contributed by atoms with Crippen LogP contribution in [-0.4, -0.2) is 31.1 Å². The Labute approximate surface area is 116 Å². The summed E-state index contributed by atoms with van der Waals surface area (Å²) in [7, 11) is 0. The number of ether oxygens (including phenoxy) is 1. The van der Waals surface area contributed by atoms with E-state index in [1.165, 1.54) is 38.5 Å². The van der Waals surface area contributed by atoms with Crippen LogP contribution in [0.4, 0.5) is 0 Å². The first-order valence-electron chi connectivity index (χ1n) is 8.15. The number of hydrogen-bond donors (Lipinski definition) is 1. The Bertz CT molecular complexity index is 317. The highest BCUT2D eigenvalue weighted by molar-refractivity contribution is 5.81. The number of piperidine rings is 1. The van der Waals surface area contributed by atoms with Crippen LogP contribution in [0.15, 0.2) is 0 Å². The molecular weight excluding hydrogens is 238 g/mol. The predicted octanol–water partition coefficient (Wildman–Crippen LogP) is 2.68. The topological polar surface area (TPSA) is 38.3 Å². The Morgan fingerprint density at radius 1 is 1.21 bits per heavy atom. The second-order valence-electron chi connectivity index (χ2n) is 6.81. The van der Waals surface area contributed by atoms with Crippen molar-refractivity contribution < 1.29 is 9.53 Å². The van der Waals surface area contributed by atoms with Gasteiger partial charge in [-0.05, 0) is 57.5 Å². The Morgan fingerprint density at radius 2 is 2.05 bits per heavy atom. The first-order chi connectivity index (χ1) is 9.27. The molecule has 3 aliphatic rings. The number of carbonyl (C=O) groups is 1. The van der Waals surface area contributed by atoms with E-state index in [2.05, 4.69) is 5.32 Å². The summed E-state index contributed by atoms with van der Waals surface area (Å²) in [6.45, 7) is 2.98. The summed E-state index contributed by atoms with van der Waals surface area (Å²) in [5.41, 5.74) is 0.0867. The standard InChI is InChI=1S/C16H27NO2/c18-15(10-13-4-3-8-17-12-13)14-5-9-19-16(11-14)6-1-2-7-16/h13-14,17H,1-12H2. The second kappa shape index (κ2) is 5.92. The highest BCUT2D eigenvalue weighted by atomic mass is 16.5. The molecule has 2 aliphatic heterocycles. The molecule has 2 saturated heterocycles. The van der Waals surface area contributed by atoms with Crippen molar-refractivity contribution in [3.05, 3.63) is 0 Å². The van der Waals surface area contributed by atoms with E-state index in [1.807, 2.05) is 0 Å². The molecule has 0 aromatic heterocycles. The van der Waals surface area contributed by atoms with Crippen molar-refractivity contribution in [2.24, 2.45) is 11.8 Å². The fourth-order valence-corrected chi connectivity index (χ4v) is 4.22. The van der Waals surface area contributed by atoms with E-state index in [9.17, 15) is 4.79 Å². The van der Waals surface area contributed by atoms with Gasteiger partial charge in [0.15, 0.2) is 0 Å². The van der Waals surface area contributed by atoms with Crippen molar-refractivity contribution in [1.29, 1.82) is 0 Å². The Hall–Kier alpha value is -0.410. The van der Waals surface area contributed by atoms with Crippen LogP contribution < -0.4 is 5.32 Å². The molecule has 3 nitrogen and oxygen atoms in total. The van der Waals surface area contributed by atoms with E-state index in [1.54, 1.807) is 0 Å². The molecule has 0 aromatic rings. The first-order valence-corrected chi connectivity index (χ1v) is 8.15. The third-order valence-corrected chi connectivity index (χ3v) is 5.35. The van der Waals surface area contributed by atoms with E-state index in [-0.39, 0.29) is 11.5 Å². The van der Waals surface area contributed by atoms with Crippen molar-refractivity contribution in [1.82, 2.24) is 5.32 Å². The Balaban J connectivity index is 1.54. The summed E-state index contributed by atoms with van der Waals surface area (Å²) in [6.07, 6.45) is 10.2. The molecule has 3 rings (SSSR count). The predicted molar refractivity (Wildman–Crippen MR) is 75.1 cm³/mol. The highest BCUT2D eigenvalue weighted by Crippen LogP contribution is 2.42. The zero-order chi connectivity index (χ0) is 13.1. The molecule has 1 N–H and O–H groups in total. The van der Waals surface area contributed by atoms with E-state index >= 15 is 0 Å². The number of ketones is 1. The molecule has 3 heteroatoms. The van der Waals surface area contributed by atoms with Gasteiger partial charge in [0.2, 0.25) is 0 Å². The monoisotopic (exact) mass is 265 g/mol. The zero-order valence-electron chi connectivity index (χ0n) is 12.0. The summed E-state index contributed by atoms with van der Waals surface area (Å²) in [5, 5.41) is 3.41. The molecule has 1 saturated carbocycles. The minimum Gasteiger partial charge on any atom is -0.375 e. The second-order valence-corrected chi connectivity index (χ2v) is 6.81. The first kappa shape index (κ1) is 13.6. The van der Waals surface area contributed by atoms with Crippen LogP contribution in [-0.2, 0) is 9.53 Å². The van der Waals surface area contributed by atoms with Gasteiger partial charge in [0.25, 0.3) is 0 Å². The maximum Gasteiger partial charge on any atom is 0.136 e. The molecule has 0 amide bonds. The fourth-order valence-electron chi connectivity index (χ4n) is 4.22. The van der Waals surface area contributed by atoms with Crippen molar-refractivity contribution >= 4 is 5.78 Å². The maximum absolute atomic E-state index is 12.5. The lowest BCUT2D eigenvalue weighted by atomic mass is 9.79. The molecule has 19 heavy (non-hydrogen) atoms. The van der Waals surface area contributed by atoms with E-state index in [0.29, 0.717) is 11.7 Å². The minimum absolute atomic E-state index is 0.0867. The van der Waals surface area contributed by atoms with Crippen molar-refractivity contribution in [3.63, 3.8) is 0 Å². The molecule has 1 aliphatic carbocycles. The summed E-state index contributed by atoms with van der Waals surface area (Å²) in [5.74, 6) is 1.39. The van der Waals surface area contributed by atoms with Gasteiger partial charge >= 0.3 is 0 Å². The van der Waals surface area contributed by atoms with Crippen LogP contribution in [0.2, 0.25) is 0 Å². The summed E-state index contributed by atoms with van der Waals surface area (Å²) < 4.78 is 6.03. The third-order valence-electron chi connectivity index (χ3n) is 5.35. The van der Waals surface area contributed by atoms with Gasteiger partial charge in [-0.3, -0.25) is 4.79 Å². The molecule has 0 aromatic carbocycles. The summed E-state index contributed by atoms with van der Waals surface area (Å²) in [4.78, 5) is 12.5. The molecule has 2 atom stereocenters. The fraction of sp³-hybridized carbons (Fsp3) is 0.938. The normalized spacial score (nSPS) is 34.5. The molecule has 1 spiro atoms. The minimum atomic E-state index is 0.0867. The van der Waals surface area contributed by atoms with Crippen LogP contribution >= 0.6 is 0 Å². The Kier molecular flexibility index (Phi) is 4.23. The van der Waals surface area contributed by atoms with Gasteiger partial charge in [-0.25, -0.2) is 0 Å². The van der Waals surface area contributed by atoms with Gasteiger partial charge in [0, 0.05) is 18.9 Å². The van der Waals surface area contributed by atoms with Crippen LogP contribution in [0.1, 0.15) is 57.8 Å². The van der Waals surface area contributed by atoms with Gasteiger partial charge in [0.1, 0.15) is 5.78 Å². The number of hydrogen-bond acceptors (Lipinski definition) is 3. The van der Waals surface area contributed by atoms with E-state index in [4.69, 9.17) is 4.74 Å². The van der Waals surface area contributed by atoms with Crippen molar-refractivity contribution in [2.75, 3.05) is 19.7 Å². The number of nitrogens with one attached hydrogen (secondary N) is 1. The van der Waals surface area contributed by atoms with E-state index in [0.717, 1.165) is 39.0 Å². The van der Waals surface area contributed by atoms with Gasteiger partial charge in [-0.15, -0.1) is 0 Å². The van der Waals surface area contributed by atoms with Crippen molar-refractivity contribution in [3.8, 4) is 0 Å². The lowest BCUT2D eigenvalue weighted by Crippen LogP contribution is -2.40. The third kappa shape index (κ3) is 3.19. The number of rotatable bonds is 3. The number of Topliss-reactive ketones (excluding diaryl/α,β-unsaturated/α-hetero) is 1. The quantitative estimate of drug-likeness (QED) is 0.852. The molecular formula is C16H27NO2. The SMILES string of the molecule is O=C(CC1CCCNC1)C1CCOC2(CCCC2)C1. The summed E-state index contributed by atoms with van der Waals surface area (Å²) in [6, 6.07) is 0. The van der Waals surface area contributed by atoms with Crippen LogP contribution in [0.25, 0.3) is 0 Å². The van der Waals surface area contributed by atoms with E-state index < -0.39 is 0 Å². The van der Waals surface area contributed by atoms with Gasteiger partial charge in [0.05, 0.1) is 5.60 Å². The van der Waals surface area contributed by atoms with Crippen LogP contribution in [0.3, 0.4) is 0 Å². The maximum atomic E-state index is 12.5.